The number of anilines is 1. The van der Waals surface area contributed by atoms with Crippen LogP contribution in [0.5, 0.6) is 0 Å². The zero-order valence-electron chi connectivity index (χ0n) is 12.2. The van der Waals surface area contributed by atoms with Crippen LogP contribution in [0.3, 0.4) is 0 Å². The molecule has 2 heterocycles. The Hall–Kier alpha value is -1.78. The quantitative estimate of drug-likeness (QED) is 0.869. The van der Waals surface area contributed by atoms with E-state index in [9.17, 15) is 0 Å². The van der Waals surface area contributed by atoms with Crippen molar-refractivity contribution in [3.8, 4) is 0 Å². The van der Waals surface area contributed by atoms with Crippen LogP contribution in [0.1, 0.15) is 44.6 Å². The second kappa shape index (κ2) is 5.91. The molecule has 2 aromatic heterocycles. The van der Waals surface area contributed by atoms with Gasteiger partial charge in [0.15, 0.2) is 0 Å². The number of rotatable bonds is 6. The maximum absolute atomic E-state index is 4.43. The second-order valence-electron chi connectivity index (χ2n) is 4.86. The molecule has 0 saturated carbocycles. The lowest BCUT2D eigenvalue weighted by molar-refractivity contribution is 0.462. The summed E-state index contributed by atoms with van der Waals surface area (Å²) in [5.74, 6) is 0. The maximum atomic E-state index is 4.43. The van der Waals surface area contributed by atoms with Crippen molar-refractivity contribution >= 4 is 5.69 Å². The van der Waals surface area contributed by atoms with Gasteiger partial charge in [0.1, 0.15) is 0 Å². The standard InChI is InChI=1S/C14H23N5/c1-5-11(3)19-13(7-8-16-19)9-15-14-10-18(6-2)17-12(14)4/h7-8,10-11,15H,5-6,9H2,1-4H3. The molecule has 0 fully saturated rings. The first-order valence-corrected chi connectivity index (χ1v) is 6.96. The van der Waals surface area contributed by atoms with Crippen molar-refractivity contribution in [2.45, 2.75) is 53.2 Å². The van der Waals surface area contributed by atoms with Gasteiger partial charge in [0.2, 0.25) is 0 Å². The van der Waals surface area contributed by atoms with Crippen molar-refractivity contribution in [3.05, 3.63) is 29.8 Å². The highest BCUT2D eigenvalue weighted by Gasteiger charge is 2.09. The summed E-state index contributed by atoms with van der Waals surface area (Å²) in [6.07, 6.45) is 5.01. The molecule has 0 radical (unpaired) electrons. The highest BCUT2D eigenvalue weighted by atomic mass is 15.3. The van der Waals surface area contributed by atoms with E-state index in [-0.39, 0.29) is 0 Å². The summed E-state index contributed by atoms with van der Waals surface area (Å²) in [6, 6.07) is 2.50. The van der Waals surface area contributed by atoms with Crippen molar-refractivity contribution in [1.82, 2.24) is 19.6 Å². The van der Waals surface area contributed by atoms with E-state index in [1.54, 1.807) is 0 Å². The van der Waals surface area contributed by atoms with Crippen molar-refractivity contribution in [2.75, 3.05) is 5.32 Å². The van der Waals surface area contributed by atoms with E-state index < -0.39 is 0 Å². The van der Waals surface area contributed by atoms with Gasteiger partial charge in [-0.3, -0.25) is 9.36 Å². The van der Waals surface area contributed by atoms with Gasteiger partial charge in [0.05, 0.1) is 23.6 Å². The summed E-state index contributed by atoms with van der Waals surface area (Å²) in [5.41, 5.74) is 3.34. The molecule has 1 N–H and O–H groups in total. The van der Waals surface area contributed by atoms with Crippen molar-refractivity contribution in [1.29, 1.82) is 0 Å². The maximum Gasteiger partial charge on any atom is 0.0825 e. The fourth-order valence-electron chi connectivity index (χ4n) is 2.09. The number of hydrogen-bond acceptors (Lipinski definition) is 3. The summed E-state index contributed by atoms with van der Waals surface area (Å²) in [6.45, 7) is 10.2. The van der Waals surface area contributed by atoms with E-state index in [1.165, 1.54) is 5.69 Å². The zero-order valence-corrected chi connectivity index (χ0v) is 12.2. The summed E-state index contributed by atoms with van der Waals surface area (Å²) >= 11 is 0. The molecule has 0 amide bonds. The molecular formula is C14H23N5. The third-order valence-corrected chi connectivity index (χ3v) is 3.49. The van der Waals surface area contributed by atoms with Crippen LogP contribution in [-0.2, 0) is 13.1 Å². The molecule has 5 nitrogen and oxygen atoms in total. The Balaban J connectivity index is 2.06. The molecule has 5 heteroatoms. The van der Waals surface area contributed by atoms with Gasteiger partial charge in [-0.05, 0) is 33.3 Å². The van der Waals surface area contributed by atoms with Gasteiger partial charge in [0.25, 0.3) is 0 Å². The first-order valence-electron chi connectivity index (χ1n) is 6.96. The molecule has 0 aliphatic rings. The first kappa shape index (κ1) is 13.6. The van der Waals surface area contributed by atoms with E-state index in [2.05, 4.69) is 53.2 Å². The Morgan fingerprint density at radius 1 is 1.37 bits per heavy atom. The Morgan fingerprint density at radius 3 is 2.79 bits per heavy atom. The summed E-state index contributed by atoms with van der Waals surface area (Å²) in [7, 11) is 0. The molecule has 19 heavy (non-hydrogen) atoms. The highest BCUT2D eigenvalue weighted by Crippen LogP contribution is 2.16. The minimum absolute atomic E-state index is 0.436. The van der Waals surface area contributed by atoms with Crippen LogP contribution in [0.25, 0.3) is 0 Å². The number of aromatic nitrogens is 4. The molecule has 0 aliphatic carbocycles. The van der Waals surface area contributed by atoms with Gasteiger partial charge in [0, 0.05) is 25.0 Å². The summed E-state index contributed by atoms with van der Waals surface area (Å²) in [4.78, 5) is 0. The molecule has 0 bridgehead atoms. The van der Waals surface area contributed by atoms with E-state index >= 15 is 0 Å². The van der Waals surface area contributed by atoms with Crippen LogP contribution >= 0.6 is 0 Å². The monoisotopic (exact) mass is 261 g/mol. The van der Waals surface area contributed by atoms with Crippen LogP contribution in [0.4, 0.5) is 5.69 Å². The van der Waals surface area contributed by atoms with Gasteiger partial charge in [-0.15, -0.1) is 0 Å². The predicted octanol–water partition coefficient (Wildman–Crippen LogP) is 2.99. The van der Waals surface area contributed by atoms with Crippen LogP contribution in [-0.4, -0.2) is 19.6 Å². The third-order valence-electron chi connectivity index (χ3n) is 3.49. The average Bonchev–Trinajstić information content (AvgIpc) is 3.01. The number of nitrogens with one attached hydrogen (secondary N) is 1. The molecule has 2 aromatic rings. The van der Waals surface area contributed by atoms with E-state index in [4.69, 9.17) is 0 Å². The molecular weight excluding hydrogens is 238 g/mol. The third kappa shape index (κ3) is 2.97. The molecule has 0 aromatic carbocycles. The number of nitrogens with zero attached hydrogens (tertiary/aromatic N) is 4. The molecule has 2 rings (SSSR count). The van der Waals surface area contributed by atoms with Crippen LogP contribution in [0.15, 0.2) is 18.5 Å². The SMILES string of the molecule is CCC(C)n1nccc1CNc1cn(CC)nc1C. The number of hydrogen-bond donors (Lipinski definition) is 1. The first-order chi connectivity index (χ1) is 9.15. The summed E-state index contributed by atoms with van der Waals surface area (Å²) in [5, 5.41) is 12.3. The lowest BCUT2D eigenvalue weighted by Crippen LogP contribution is -2.12. The average molecular weight is 261 g/mol. The highest BCUT2D eigenvalue weighted by molar-refractivity contribution is 5.45. The van der Waals surface area contributed by atoms with Gasteiger partial charge in [-0.2, -0.15) is 10.2 Å². The molecule has 0 saturated heterocycles. The fourth-order valence-corrected chi connectivity index (χ4v) is 2.09. The molecule has 0 spiro atoms. The van der Waals surface area contributed by atoms with Gasteiger partial charge < -0.3 is 5.32 Å². The molecule has 1 unspecified atom stereocenters. The van der Waals surface area contributed by atoms with Gasteiger partial charge in [-0.1, -0.05) is 6.92 Å². The lowest BCUT2D eigenvalue weighted by atomic mass is 10.2. The lowest BCUT2D eigenvalue weighted by Gasteiger charge is -2.14. The molecule has 104 valence electrons. The van der Waals surface area contributed by atoms with Crippen molar-refractivity contribution in [2.24, 2.45) is 0 Å². The number of aryl methyl sites for hydroxylation is 2. The van der Waals surface area contributed by atoms with E-state index in [0.29, 0.717) is 6.04 Å². The topological polar surface area (TPSA) is 47.7 Å². The largest absolute Gasteiger partial charge is 0.377 e. The second-order valence-corrected chi connectivity index (χ2v) is 4.86. The molecule has 0 aliphatic heterocycles. The van der Waals surface area contributed by atoms with Crippen molar-refractivity contribution in [3.63, 3.8) is 0 Å². The minimum Gasteiger partial charge on any atom is -0.377 e. The predicted molar refractivity (Wildman–Crippen MR) is 77.2 cm³/mol. The van der Waals surface area contributed by atoms with Crippen molar-refractivity contribution < 1.29 is 0 Å². The Labute approximate surface area is 114 Å². The minimum atomic E-state index is 0.436. The van der Waals surface area contributed by atoms with E-state index in [1.807, 2.05) is 17.8 Å². The van der Waals surface area contributed by atoms with Gasteiger partial charge >= 0.3 is 0 Å². The van der Waals surface area contributed by atoms with Crippen LogP contribution in [0, 0.1) is 6.92 Å². The summed E-state index contributed by atoms with van der Waals surface area (Å²) < 4.78 is 4.04. The normalized spacial score (nSPS) is 12.6. The van der Waals surface area contributed by atoms with Gasteiger partial charge in [-0.25, -0.2) is 0 Å². The van der Waals surface area contributed by atoms with Crippen LogP contribution in [0.2, 0.25) is 0 Å². The zero-order chi connectivity index (χ0) is 13.8. The fraction of sp³-hybridized carbons (Fsp3) is 0.571. The Bertz CT molecular complexity index is 526. The Morgan fingerprint density at radius 2 is 2.16 bits per heavy atom. The smallest absolute Gasteiger partial charge is 0.0825 e. The van der Waals surface area contributed by atoms with Crippen LogP contribution < -0.4 is 5.32 Å². The van der Waals surface area contributed by atoms with E-state index in [0.717, 1.165) is 30.9 Å². The molecule has 1 atom stereocenters. The Kier molecular flexibility index (Phi) is 4.24.